The highest BCUT2D eigenvalue weighted by molar-refractivity contribution is 5.81. The van der Waals surface area contributed by atoms with E-state index in [0.717, 1.165) is 12.8 Å². The number of carbonyl (C=O) groups excluding carboxylic acids is 1. The number of allylic oxidation sites excluding steroid dienone is 1. The van der Waals surface area contributed by atoms with Crippen LogP contribution >= 0.6 is 0 Å². The van der Waals surface area contributed by atoms with Crippen molar-refractivity contribution in [1.29, 1.82) is 0 Å². The first-order valence-corrected chi connectivity index (χ1v) is 5.33. The van der Waals surface area contributed by atoms with E-state index in [9.17, 15) is 4.79 Å². The van der Waals surface area contributed by atoms with Gasteiger partial charge >= 0.3 is 5.97 Å². The zero-order valence-electron chi connectivity index (χ0n) is 8.87. The Bertz CT molecular complexity index is 164. The SMILES string of the molecule is CCCCCCCCC=CC(=O)OO. The Hall–Kier alpha value is -0.830. The van der Waals surface area contributed by atoms with Crippen LogP contribution in [0.2, 0.25) is 0 Å². The second kappa shape index (κ2) is 10.3. The van der Waals surface area contributed by atoms with Crippen molar-refractivity contribution in [3.63, 3.8) is 0 Å². The zero-order valence-corrected chi connectivity index (χ0v) is 8.87. The van der Waals surface area contributed by atoms with Crippen LogP contribution in [0.1, 0.15) is 51.9 Å². The van der Waals surface area contributed by atoms with Gasteiger partial charge in [0.2, 0.25) is 0 Å². The second-order valence-electron chi connectivity index (χ2n) is 3.37. The lowest BCUT2D eigenvalue weighted by atomic mass is 10.1. The molecule has 0 aliphatic carbocycles. The Morgan fingerprint density at radius 3 is 2.50 bits per heavy atom. The van der Waals surface area contributed by atoms with Gasteiger partial charge in [-0.1, -0.05) is 45.1 Å². The fourth-order valence-electron chi connectivity index (χ4n) is 1.25. The molecular weight excluding hydrogens is 180 g/mol. The quantitative estimate of drug-likeness (QED) is 0.283. The smallest absolute Gasteiger partial charge is 0.296 e. The maximum atomic E-state index is 10.4. The third-order valence-corrected chi connectivity index (χ3v) is 2.07. The van der Waals surface area contributed by atoms with E-state index in [1.54, 1.807) is 6.08 Å². The highest BCUT2D eigenvalue weighted by Gasteiger charge is 1.92. The van der Waals surface area contributed by atoms with Crippen LogP contribution in [0.4, 0.5) is 0 Å². The summed E-state index contributed by atoms with van der Waals surface area (Å²) in [6.07, 6.45) is 11.3. The molecule has 0 aromatic carbocycles. The predicted molar refractivity (Wildman–Crippen MR) is 55.9 cm³/mol. The summed E-state index contributed by atoms with van der Waals surface area (Å²) < 4.78 is 0. The standard InChI is InChI=1S/C11H20O3/c1-2-3-4-5-6-7-8-9-10-11(12)14-13/h9-10,13H,2-8H2,1H3. The summed E-state index contributed by atoms with van der Waals surface area (Å²) in [5.74, 6) is -0.698. The van der Waals surface area contributed by atoms with Crippen molar-refractivity contribution < 1.29 is 14.9 Å². The van der Waals surface area contributed by atoms with E-state index in [-0.39, 0.29) is 0 Å². The summed E-state index contributed by atoms with van der Waals surface area (Å²) in [5, 5.41) is 7.93. The van der Waals surface area contributed by atoms with Crippen LogP contribution in [0.25, 0.3) is 0 Å². The van der Waals surface area contributed by atoms with Crippen LogP contribution in [0.3, 0.4) is 0 Å². The molecule has 0 unspecified atom stereocenters. The molecule has 82 valence electrons. The van der Waals surface area contributed by atoms with Crippen LogP contribution in [-0.2, 0) is 9.68 Å². The molecule has 0 aromatic heterocycles. The lowest BCUT2D eigenvalue weighted by molar-refractivity contribution is -0.228. The number of hydrogen-bond donors (Lipinski definition) is 1. The van der Waals surface area contributed by atoms with Crippen molar-refractivity contribution in [3.05, 3.63) is 12.2 Å². The monoisotopic (exact) mass is 200 g/mol. The molecule has 0 saturated heterocycles. The Labute approximate surface area is 85.7 Å². The summed E-state index contributed by atoms with van der Waals surface area (Å²) in [6.45, 7) is 2.20. The third kappa shape index (κ3) is 9.26. The molecule has 0 aromatic rings. The minimum atomic E-state index is -0.698. The molecule has 0 aliphatic heterocycles. The topological polar surface area (TPSA) is 46.5 Å². The zero-order chi connectivity index (χ0) is 10.6. The lowest BCUT2D eigenvalue weighted by Crippen LogP contribution is -1.93. The van der Waals surface area contributed by atoms with E-state index >= 15 is 0 Å². The first kappa shape index (κ1) is 13.2. The van der Waals surface area contributed by atoms with Crippen molar-refractivity contribution in [3.8, 4) is 0 Å². The van der Waals surface area contributed by atoms with Gasteiger partial charge in [0, 0.05) is 6.08 Å². The molecule has 0 saturated carbocycles. The molecular formula is C11H20O3. The first-order valence-electron chi connectivity index (χ1n) is 5.33. The minimum Gasteiger partial charge on any atom is -0.296 e. The Morgan fingerprint density at radius 2 is 1.86 bits per heavy atom. The van der Waals surface area contributed by atoms with Gasteiger partial charge in [-0.05, 0) is 12.8 Å². The van der Waals surface area contributed by atoms with Gasteiger partial charge < -0.3 is 0 Å². The fraction of sp³-hybridized carbons (Fsp3) is 0.727. The Balaban J connectivity index is 3.13. The minimum absolute atomic E-state index is 0.698. The van der Waals surface area contributed by atoms with Crippen molar-refractivity contribution in [2.45, 2.75) is 51.9 Å². The molecule has 3 nitrogen and oxygen atoms in total. The maximum absolute atomic E-state index is 10.4. The molecule has 0 aliphatic rings. The molecule has 0 amide bonds. The van der Waals surface area contributed by atoms with E-state index < -0.39 is 5.97 Å². The third-order valence-electron chi connectivity index (χ3n) is 2.07. The summed E-state index contributed by atoms with van der Waals surface area (Å²) >= 11 is 0. The van der Waals surface area contributed by atoms with Crippen LogP contribution in [0.5, 0.6) is 0 Å². The maximum Gasteiger partial charge on any atom is 0.365 e. The van der Waals surface area contributed by atoms with E-state index in [2.05, 4.69) is 11.8 Å². The van der Waals surface area contributed by atoms with Gasteiger partial charge in [-0.25, -0.2) is 4.79 Å². The molecule has 0 fully saturated rings. The molecule has 0 rings (SSSR count). The van der Waals surface area contributed by atoms with Crippen LogP contribution in [-0.4, -0.2) is 11.2 Å². The summed E-state index contributed by atoms with van der Waals surface area (Å²) in [6, 6.07) is 0. The fourth-order valence-corrected chi connectivity index (χ4v) is 1.25. The van der Waals surface area contributed by atoms with Gasteiger partial charge in [0.15, 0.2) is 0 Å². The van der Waals surface area contributed by atoms with Crippen molar-refractivity contribution >= 4 is 5.97 Å². The van der Waals surface area contributed by atoms with E-state index in [1.165, 1.54) is 38.2 Å². The molecule has 0 spiro atoms. The first-order chi connectivity index (χ1) is 6.81. The van der Waals surface area contributed by atoms with Crippen LogP contribution in [0.15, 0.2) is 12.2 Å². The number of rotatable bonds is 8. The molecule has 0 radical (unpaired) electrons. The lowest BCUT2D eigenvalue weighted by Gasteiger charge is -1.97. The van der Waals surface area contributed by atoms with Crippen LogP contribution < -0.4 is 0 Å². The van der Waals surface area contributed by atoms with E-state index in [4.69, 9.17) is 5.26 Å². The van der Waals surface area contributed by atoms with Crippen molar-refractivity contribution in [2.24, 2.45) is 0 Å². The Kier molecular flexibility index (Phi) is 9.64. The van der Waals surface area contributed by atoms with Gasteiger partial charge in [-0.3, -0.25) is 4.89 Å². The van der Waals surface area contributed by atoms with Gasteiger partial charge in [0.25, 0.3) is 0 Å². The second-order valence-corrected chi connectivity index (χ2v) is 3.37. The van der Waals surface area contributed by atoms with Gasteiger partial charge in [-0.2, -0.15) is 5.26 Å². The largest absolute Gasteiger partial charge is 0.365 e. The van der Waals surface area contributed by atoms with Gasteiger partial charge in [-0.15, -0.1) is 0 Å². The average Bonchev–Trinajstić information content (AvgIpc) is 2.21. The van der Waals surface area contributed by atoms with Crippen molar-refractivity contribution in [1.82, 2.24) is 0 Å². The van der Waals surface area contributed by atoms with Gasteiger partial charge in [0.05, 0.1) is 0 Å². The Morgan fingerprint density at radius 1 is 1.21 bits per heavy atom. The number of carbonyl (C=O) groups is 1. The normalized spacial score (nSPS) is 10.7. The molecule has 0 bridgehead atoms. The molecule has 0 heterocycles. The molecule has 0 atom stereocenters. The number of unbranched alkanes of at least 4 members (excludes halogenated alkanes) is 6. The van der Waals surface area contributed by atoms with Crippen LogP contribution in [0, 0.1) is 0 Å². The van der Waals surface area contributed by atoms with Gasteiger partial charge in [0.1, 0.15) is 0 Å². The van der Waals surface area contributed by atoms with E-state index in [0.29, 0.717) is 0 Å². The van der Waals surface area contributed by atoms with E-state index in [1.807, 2.05) is 0 Å². The average molecular weight is 200 g/mol. The predicted octanol–water partition coefficient (Wildman–Crippen LogP) is 3.31. The summed E-state index contributed by atoms with van der Waals surface area (Å²) in [7, 11) is 0. The molecule has 1 N–H and O–H groups in total. The highest BCUT2D eigenvalue weighted by atomic mass is 17.1. The summed E-state index contributed by atoms with van der Waals surface area (Å²) in [4.78, 5) is 13.9. The van der Waals surface area contributed by atoms with Crippen molar-refractivity contribution in [2.75, 3.05) is 0 Å². The highest BCUT2D eigenvalue weighted by Crippen LogP contribution is 2.06. The molecule has 3 heteroatoms. The molecule has 14 heavy (non-hydrogen) atoms. The summed E-state index contributed by atoms with van der Waals surface area (Å²) in [5.41, 5.74) is 0. The number of hydrogen-bond acceptors (Lipinski definition) is 3.